The van der Waals surface area contributed by atoms with Crippen LogP contribution in [0, 0.1) is 18.8 Å². The molecule has 1 aromatic carbocycles. The average Bonchev–Trinajstić information content (AvgIpc) is 3.37. The molecule has 4 N–H and O–H groups in total. The Morgan fingerprint density at radius 3 is 2.73 bits per heavy atom. The van der Waals surface area contributed by atoms with E-state index in [1.807, 2.05) is 42.3 Å². The van der Waals surface area contributed by atoms with E-state index in [1.54, 1.807) is 4.68 Å². The van der Waals surface area contributed by atoms with Crippen molar-refractivity contribution < 1.29 is 9.59 Å². The van der Waals surface area contributed by atoms with Gasteiger partial charge in [-0.05, 0) is 38.0 Å². The summed E-state index contributed by atoms with van der Waals surface area (Å²) in [5.74, 6) is 0.142. The molecule has 4 rings (SSSR count). The molecule has 0 spiro atoms. The molecule has 0 bridgehead atoms. The minimum absolute atomic E-state index is 0.0112. The highest BCUT2D eigenvalue weighted by molar-refractivity contribution is 6.30. The molecular weight excluding hydrogens is 442 g/mol. The first-order valence-electron chi connectivity index (χ1n) is 11.6. The second-order valence-electron chi connectivity index (χ2n) is 8.72. The zero-order valence-electron chi connectivity index (χ0n) is 19.3. The molecule has 0 aliphatic carbocycles. The molecule has 9 nitrogen and oxygen atoms in total. The lowest BCUT2D eigenvalue weighted by atomic mass is 9.97. The van der Waals surface area contributed by atoms with Crippen LogP contribution in [-0.2, 0) is 9.59 Å². The van der Waals surface area contributed by atoms with E-state index in [0.29, 0.717) is 17.4 Å². The Kier molecular flexibility index (Phi) is 7.21. The summed E-state index contributed by atoms with van der Waals surface area (Å²) in [6.45, 7) is 6.54. The number of aryl methyl sites for hydroxylation is 1. The minimum Gasteiger partial charge on any atom is -0.321 e. The number of fused-ring (bicyclic) bond motifs is 1. The summed E-state index contributed by atoms with van der Waals surface area (Å²) in [4.78, 5) is 25.9. The van der Waals surface area contributed by atoms with E-state index in [-0.39, 0.29) is 29.8 Å². The maximum absolute atomic E-state index is 13.0. The van der Waals surface area contributed by atoms with Gasteiger partial charge in [-0.1, -0.05) is 44.4 Å². The SMILES string of the molecule is CCCC(CCC)C(=O)Nc1cc(C)nn1C1NC(=O)C2CNN(c3cccc(Cl)c3)C2N1. The van der Waals surface area contributed by atoms with Gasteiger partial charge in [0.2, 0.25) is 11.8 Å². The molecular formula is C23H32ClN7O2. The fourth-order valence-corrected chi connectivity index (χ4v) is 4.79. The highest BCUT2D eigenvalue weighted by Crippen LogP contribution is 2.29. The molecule has 3 atom stereocenters. The van der Waals surface area contributed by atoms with Crippen molar-refractivity contribution in [1.29, 1.82) is 0 Å². The third-order valence-corrected chi connectivity index (χ3v) is 6.41. The average molecular weight is 474 g/mol. The van der Waals surface area contributed by atoms with E-state index in [4.69, 9.17) is 11.6 Å². The van der Waals surface area contributed by atoms with Crippen molar-refractivity contribution in [1.82, 2.24) is 25.8 Å². The Hall–Kier alpha value is -2.62. The molecule has 2 amide bonds. The Balaban J connectivity index is 1.56. The van der Waals surface area contributed by atoms with Gasteiger partial charge in [0.25, 0.3) is 0 Å². The molecule has 0 saturated carbocycles. The van der Waals surface area contributed by atoms with E-state index in [0.717, 1.165) is 37.1 Å². The van der Waals surface area contributed by atoms with Gasteiger partial charge in [-0.3, -0.25) is 19.9 Å². The van der Waals surface area contributed by atoms with Crippen molar-refractivity contribution in [3.8, 4) is 0 Å². The lowest BCUT2D eigenvalue weighted by Crippen LogP contribution is -2.61. The minimum atomic E-state index is -0.611. The summed E-state index contributed by atoms with van der Waals surface area (Å²) >= 11 is 6.19. The van der Waals surface area contributed by atoms with Crippen LogP contribution in [0.15, 0.2) is 30.3 Å². The summed E-state index contributed by atoms with van der Waals surface area (Å²) in [6.07, 6.45) is 2.67. The van der Waals surface area contributed by atoms with Crippen molar-refractivity contribution in [2.24, 2.45) is 11.8 Å². The number of hydrogen-bond acceptors (Lipinski definition) is 6. The van der Waals surface area contributed by atoms with Crippen LogP contribution in [0.3, 0.4) is 0 Å². The monoisotopic (exact) mass is 473 g/mol. The summed E-state index contributed by atoms with van der Waals surface area (Å²) in [6, 6.07) is 9.31. The standard InChI is InChI=1S/C23H32ClN7O2/c1-4-7-15(8-5-2)21(32)26-19-11-14(3)29-31(19)23-27-20-18(22(33)28-23)13-25-30(20)17-10-6-9-16(24)12-17/h6,9-12,15,18,20,23,25,27H,4-5,7-8,13H2,1-3H3,(H,26,32)(H,28,33). The van der Waals surface area contributed by atoms with E-state index in [9.17, 15) is 9.59 Å². The molecule has 33 heavy (non-hydrogen) atoms. The topological polar surface area (TPSA) is 103 Å². The lowest BCUT2D eigenvalue weighted by molar-refractivity contribution is -0.129. The second kappa shape index (κ2) is 10.1. The highest BCUT2D eigenvalue weighted by Gasteiger charge is 2.45. The number of aromatic nitrogens is 2. The summed E-state index contributed by atoms with van der Waals surface area (Å²) in [7, 11) is 0. The molecule has 2 fully saturated rings. The first-order valence-corrected chi connectivity index (χ1v) is 12.0. The predicted molar refractivity (Wildman–Crippen MR) is 128 cm³/mol. The van der Waals surface area contributed by atoms with Gasteiger partial charge >= 0.3 is 0 Å². The van der Waals surface area contributed by atoms with Crippen LogP contribution in [0.2, 0.25) is 5.02 Å². The summed E-state index contributed by atoms with van der Waals surface area (Å²) < 4.78 is 1.64. The van der Waals surface area contributed by atoms with Gasteiger partial charge in [-0.25, -0.2) is 10.1 Å². The molecule has 2 aliphatic heterocycles. The Morgan fingerprint density at radius 1 is 1.27 bits per heavy atom. The van der Waals surface area contributed by atoms with Gasteiger partial charge in [0.15, 0.2) is 6.29 Å². The van der Waals surface area contributed by atoms with Crippen molar-refractivity contribution in [2.45, 2.75) is 58.9 Å². The zero-order chi connectivity index (χ0) is 23.5. The first kappa shape index (κ1) is 23.5. The van der Waals surface area contributed by atoms with E-state index >= 15 is 0 Å². The molecule has 2 aliphatic rings. The van der Waals surface area contributed by atoms with Crippen molar-refractivity contribution >= 4 is 34.9 Å². The number of amides is 2. The molecule has 1 aromatic heterocycles. The van der Waals surface area contributed by atoms with Gasteiger partial charge in [0, 0.05) is 23.6 Å². The van der Waals surface area contributed by atoms with Crippen LogP contribution in [-0.4, -0.2) is 34.3 Å². The Morgan fingerprint density at radius 2 is 2.03 bits per heavy atom. The molecule has 2 aromatic rings. The Bertz CT molecular complexity index is 1000. The number of hydrazine groups is 1. The first-order chi connectivity index (χ1) is 15.9. The van der Waals surface area contributed by atoms with Crippen LogP contribution in [0.1, 0.15) is 51.5 Å². The normalized spacial score (nSPS) is 22.4. The van der Waals surface area contributed by atoms with Crippen LogP contribution in [0.4, 0.5) is 11.5 Å². The predicted octanol–water partition coefficient (Wildman–Crippen LogP) is 3.14. The van der Waals surface area contributed by atoms with Gasteiger partial charge in [0.05, 0.1) is 17.3 Å². The fourth-order valence-electron chi connectivity index (χ4n) is 4.61. The number of nitrogens with one attached hydrogen (secondary N) is 4. The number of rotatable bonds is 8. The van der Waals surface area contributed by atoms with E-state index in [1.165, 1.54) is 0 Å². The molecule has 3 unspecified atom stereocenters. The number of halogens is 1. The van der Waals surface area contributed by atoms with Gasteiger partial charge in [-0.15, -0.1) is 0 Å². The number of hydrogen-bond donors (Lipinski definition) is 4. The largest absolute Gasteiger partial charge is 0.321 e. The molecule has 0 radical (unpaired) electrons. The second-order valence-corrected chi connectivity index (χ2v) is 9.16. The third-order valence-electron chi connectivity index (χ3n) is 6.17. The quantitative estimate of drug-likeness (QED) is 0.469. The maximum Gasteiger partial charge on any atom is 0.230 e. The van der Waals surface area contributed by atoms with Crippen LogP contribution < -0.4 is 26.4 Å². The lowest BCUT2D eigenvalue weighted by Gasteiger charge is -2.37. The van der Waals surface area contributed by atoms with Crippen molar-refractivity contribution in [3.05, 3.63) is 41.0 Å². The highest BCUT2D eigenvalue weighted by atomic mass is 35.5. The van der Waals surface area contributed by atoms with Crippen molar-refractivity contribution in [3.63, 3.8) is 0 Å². The number of anilines is 2. The molecule has 10 heteroatoms. The van der Waals surface area contributed by atoms with Crippen LogP contribution in [0.25, 0.3) is 0 Å². The number of carbonyl (C=O) groups excluding carboxylic acids is 2. The Labute approximate surface area is 199 Å². The maximum atomic E-state index is 13.0. The van der Waals surface area contributed by atoms with Gasteiger partial charge < -0.3 is 10.6 Å². The molecule has 3 heterocycles. The van der Waals surface area contributed by atoms with Crippen molar-refractivity contribution in [2.75, 3.05) is 16.9 Å². The fraction of sp³-hybridized carbons (Fsp3) is 0.522. The smallest absolute Gasteiger partial charge is 0.230 e. The van der Waals surface area contributed by atoms with Crippen LogP contribution >= 0.6 is 11.6 Å². The third kappa shape index (κ3) is 5.00. The number of benzene rings is 1. The zero-order valence-corrected chi connectivity index (χ0v) is 20.0. The van der Waals surface area contributed by atoms with E-state index in [2.05, 4.69) is 40.3 Å². The summed E-state index contributed by atoms with van der Waals surface area (Å²) in [5, 5.41) is 16.6. The van der Waals surface area contributed by atoms with Crippen LogP contribution in [0.5, 0.6) is 0 Å². The number of nitrogens with zero attached hydrogens (tertiary/aromatic N) is 3. The molecule has 2 saturated heterocycles. The number of carbonyl (C=O) groups is 2. The molecule has 178 valence electrons. The van der Waals surface area contributed by atoms with Gasteiger partial charge in [0.1, 0.15) is 12.0 Å². The van der Waals surface area contributed by atoms with E-state index < -0.39 is 6.29 Å². The summed E-state index contributed by atoms with van der Waals surface area (Å²) in [5.41, 5.74) is 4.91. The van der Waals surface area contributed by atoms with Gasteiger partial charge in [-0.2, -0.15) is 5.10 Å².